The van der Waals surface area contributed by atoms with Crippen LogP contribution in [0.15, 0.2) is 41.6 Å². The molecule has 1 aliphatic carbocycles. The predicted octanol–water partition coefficient (Wildman–Crippen LogP) is 5.01. The number of nitrogens with zero attached hydrogens (tertiary/aromatic N) is 3. The molecule has 1 amide bonds. The first-order valence-electron chi connectivity index (χ1n) is 10.3. The second-order valence-electron chi connectivity index (χ2n) is 9.04. The van der Waals surface area contributed by atoms with Gasteiger partial charge in [0.25, 0.3) is 0 Å². The molecule has 3 aromatic rings. The first kappa shape index (κ1) is 21.1. The number of primary amides is 1. The number of aryl methyl sites for hydroxylation is 1. The number of amides is 1. The normalized spacial score (nSPS) is 17.5. The highest BCUT2D eigenvalue weighted by atomic mass is 32.2. The molecule has 1 aromatic carbocycles. The van der Waals surface area contributed by atoms with Crippen molar-refractivity contribution in [2.24, 2.45) is 24.1 Å². The molecule has 1 aliphatic rings. The maximum Gasteiger partial charge on any atom is 0.235 e. The molecule has 0 saturated carbocycles. The van der Waals surface area contributed by atoms with E-state index in [9.17, 15) is 4.79 Å². The Hall–Kier alpha value is -2.12. The van der Waals surface area contributed by atoms with Crippen LogP contribution in [0.4, 0.5) is 0 Å². The number of carbonyl (C=O) groups excluding carboxylic acids is 1. The Labute approximate surface area is 186 Å². The Balaban J connectivity index is 1.59. The van der Waals surface area contributed by atoms with Crippen molar-refractivity contribution >= 4 is 29.0 Å². The number of benzene rings is 1. The van der Waals surface area contributed by atoms with Gasteiger partial charge in [-0.1, -0.05) is 62.9 Å². The molecule has 7 heteroatoms. The Bertz CT molecular complexity index is 1050. The van der Waals surface area contributed by atoms with Gasteiger partial charge in [-0.2, -0.15) is 0 Å². The largest absolute Gasteiger partial charge is 0.368 e. The van der Waals surface area contributed by atoms with Crippen LogP contribution < -0.4 is 5.73 Å². The van der Waals surface area contributed by atoms with Gasteiger partial charge in [0.2, 0.25) is 5.91 Å². The number of thiophene rings is 1. The van der Waals surface area contributed by atoms with E-state index in [0.29, 0.717) is 16.5 Å². The molecule has 0 bridgehead atoms. The molecule has 0 aliphatic heterocycles. The highest BCUT2D eigenvalue weighted by Gasteiger charge is 2.30. The monoisotopic (exact) mass is 440 g/mol. The average molecular weight is 441 g/mol. The lowest BCUT2D eigenvalue weighted by Gasteiger charge is -2.33. The van der Waals surface area contributed by atoms with Crippen molar-refractivity contribution in [1.82, 2.24) is 14.8 Å². The minimum Gasteiger partial charge on any atom is -0.368 e. The van der Waals surface area contributed by atoms with Crippen LogP contribution in [0.5, 0.6) is 0 Å². The van der Waals surface area contributed by atoms with Crippen molar-refractivity contribution in [1.29, 1.82) is 0 Å². The van der Waals surface area contributed by atoms with E-state index in [0.717, 1.165) is 29.1 Å². The summed E-state index contributed by atoms with van der Waals surface area (Å²) in [5.41, 5.74) is 8.34. The van der Waals surface area contributed by atoms with E-state index in [-0.39, 0.29) is 5.91 Å². The van der Waals surface area contributed by atoms with Gasteiger partial charge in [-0.15, -0.1) is 21.5 Å². The summed E-state index contributed by atoms with van der Waals surface area (Å²) in [5.74, 6) is 1.18. The first-order chi connectivity index (χ1) is 14.2. The van der Waals surface area contributed by atoms with Crippen LogP contribution in [0.3, 0.4) is 0 Å². The van der Waals surface area contributed by atoms with Gasteiger partial charge in [-0.3, -0.25) is 4.79 Å². The fraction of sp³-hybridized carbons (Fsp3) is 0.435. The Morgan fingerprint density at radius 2 is 2.00 bits per heavy atom. The molecular weight excluding hydrogens is 412 g/mol. The van der Waals surface area contributed by atoms with Gasteiger partial charge in [0.05, 0.1) is 4.88 Å². The van der Waals surface area contributed by atoms with Crippen LogP contribution in [-0.2, 0) is 24.7 Å². The van der Waals surface area contributed by atoms with E-state index in [1.807, 2.05) is 53.3 Å². The van der Waals surface area contributed by atoms with Gasteiger partial charge in [0.1, 0.15) is 5.25 Å². The molecule has 2 aromatic heterocycles. The van der Waals surface area contributed by atoms with E-state index in [2.05, 4.69) is 37.0 Å². The maximum atomic E-state index is 12.1. The fourth-order valence-corrected chi connectivity index (χ4v) is 6.21. The minimum atomic E-state index is -0.494. The van der Waals surface area contributed by atoms with Crippen LogP contribution in [0.2, 0.25) is 0 Å². The summed E-state index contributed by atoms with van der Waals surface area (Å²) in [5, 5.41) is 9.03. The molecule has 0 saturated heterocycles. The quantitative estimate of drug-likeness (QED) is 0.566. The van der Waals surface area contributed by atoms with Crippen molar-refractivity contribution in [2.45, 2.75) is 50.4 Å². The van der Waals surface area contributed by atoms with Gasteiger partial charge in [0, 0.05) is 11.9 Å². The number of nitrogens with two attached hydrogens (primary N) is 1. The molecule has 2 N–H and O–H groups in total. The van der Waals surface area contributed by atoms with E-state index >= 15 is 0 Å². The summed E-state index contributed by atoms with van der Waals surface area (Å²) in [6.07, 6.45) is 3.51. The lowest BCUT2D eigenvalue weighted by molar-refractivity contribution is -0.117. The predicted molar refractivity (Wildman–Crippen MR) is 124 cm³/mol. The minimum absolute atomic E-state index is 0.329. The third kappa shape index (κ3) is 4.18. The maximum absolute atomic E-state index is 12.1. The van der Waals surface area contributed by atoms with Crippen molar-refractivity contribution in [2.75, 3.05) is 0 Å². The van der Waals surface area contributed by atoms with E-state index in [1.165, 1.54) is 28.6 Å². The summed E-state index contributed by atoms with van der Waals surface area (Å²) in [7, 11) is 1.96. The third-order valence-electron chi connectivity index (χ3n) is 5.95. The summed E-state index contributed by atoms with van der Waals surface area (Å²) >= 11 is 3.18. The summed E-state index contributed by atoms with van der Waals surface area (Å²) in [6, 6.07) is 11.9. The number of carbonyl (C=O) groups is 1. The highest BCUT2D eigenvalue weighted by molar-refractivity contribution is 8.00. The van der Waals surface area contributed by atoms with Gasteiger partial charge < -0.3 is 10.3 Å². The summed E-state index contributed by atoms with van der Waals surface area (Å²) < 4.78 is 1.97. The van der Waals surface area contributed by atoms with E-state index < -0.39 is 5.25 Å². The van der Waals surface area contributed by atoms with E-state index in [1.54, 1.807) is 0 Å². The molecule has 0 spiro atoms. The second kappa shape index (κ2) is 8.19. The topological polar surface area (TPSA) is 73.8 Å². The summed E-state index contributed by atoms with van der Waals surface area (Å²) in [6.45, 7) is 7.01. The second-order valence-corrected chi connectivity index (χ2v) is 11.2. The number of hydrogen-bond acceptors (Lipinski definition) is 5. The van der Waals surface area contributed by atoms with E-state index in [4.69, 9.17) is 5.73 Å². The highest BCUT2D eigenvalue weighted by Crippen LogP contribution is 2.43. The molecule has 2 atom stereocenters. The molecule has 30 heavy (non-hydrogen) atoms. The van der Waals surface area contributed by atoms with Crippen LogP contribution >= 0.6 is 23.1 Å². The van der Waals surface area contributed by atoms with Crippen LogP contribution in [-0.4, -0.2) is 20.7 Å². The third-order valence-corrected chi connectivity index (χ3v) is 8.49. The lowest BCUT2D eigenvalue weighted by Crippen LogP contribution is -2.26. The number of hydrogen-bond donors (Lipinski definition) is 1. The average Bonchev–Trinajstić information content (AvgIpc) is 3.28. The smallest absolute Gasteiger partial charge is 0.235 e. The molecule has 0 fully saturated rings. The van der Waals surface area contributed by atoms with Crippen molar-refractivity contribution in [3.8, 4) is 10.7 Å². The molecule has 4 rings (SSSR count). The zero-order chi connectivity index (χ0) is 21.5. The molecule has 2 unspecified atom stereocenters. The standard InChI is InChI=1S/C23H28N4OS2/c1-23(2,3)16-10-11-17-15(12-16)13-18(29-17)21-25-26-22(27(21)4)30-19(20(24)28)14-8-6-5-7-9-14/h5-9,13,16,19H,10-12H2,1-4H3,(H2,24,28). The van der Waals surface area contributed by atoms with Crippen LogP contribution in [0.1, 0.15) is 48.4 Å². The van der Waals surface area contributed by atoms with Gasteiger partial charge in [-0.25, -0.2) is 0 Å². The number of fused-ring (bicyclic) bond motifs is 1. The van der Waals surface area contributed by atoms with Crippen molar-refractivity contribution < 1.29 is 4.79 Å². The molecular formula is C23H28N4OS2. The van der Waals surface area contributed by atoms with Crippen LogP contribution in [0, 0.1) is 11.3 Å². The fourth-order valence-electron chi connectivity index (χ4n) is 4.03. The van der Waals surface area contributed by atoms with Crippen molar-refractivity contribution in [3.63, 3.8) is 0 Å². The Morgan fingerprint density at radius 1 is 1.27 bits per heavy atom. The zero-order valence-electron chi connectivity index (χ0n) is 17.9. The number of aromatic nitrogens is 3. The molecule has 2 heterocycles. The number of thioether (sulfide) groups is 1. The van der Waals surface area contributed by atoms with Crippen molar-refractivity contribution in [3.05, 3.63) is 52.4 Å². The van der Waals surface area contributed by atoms with Crippen LogP contribution in [0.25, 0.3) is 10.7 Å². The zero-order valence-corrected chi connectivity index (χ0v) is 19.5. The lowest BCUT2D eigenvalue weighted by atomic mass is 9.72. The summed E-state index contributed by atoms with van der Waals surface area (Å²) in [4.78, 5) is 14.7. The first-order valence-corrected chi connectivity index (χ1v) is 12.0. The Kier molecular flexibility index (Phi) is 5.77. The molecule has 5 nitrogen and oxygen atoms in total. The molecule has 0 radical (unpaired) electrons. The van der Waals surface area contributed by atoms with Gasteiger partial charge in [-0.05, 0) is 47.8 Å². The molecule has 158 valence electrons. The number of rotatable bonds is 5. The SMILES string of the molecule is Cn1c(SC(C(N)=O)c2ccccc2)nnc1-c1cc2c(s1)CCC(C(C)(C)C)C2. The van der Waals surface area contributed by atoms with Gasteiger partial charge >= 0.3 is 0 Å². The Morgan fingerprint density at radius 3 is 2.67 bits per heavy atom. The van der Waals surface area contributed by atoms with Gasteiger partial charge in [0.15, 0.2) is 11.0 Å².